The monoisotopic (exact) mass is 215 g/mol. The number of hydrogen-bond acceptors (Lipinski definition) is 1. The highest BCUT2D eigenvalue weighted by atomic mass is 19.1. The standard InChI is InChI=1S/C13H7F2N/c14-9-2-1-8-7-16-13-6-10(15)3-4-11(13)12(8)5-9/h1-7H. The molecule has 3 aromatic rings. The van der Waals surface area contributed by atoms with Crippen LogP contribution >= 0.6 is 0 Å². The summed E-state index contributed by atoms with van der Waals surface area (Å²) in [7, 11) is 0. The van der Waals surface area contributed by atoms with Crippen molar-refractivity contribution in [2.75, 3.05) is 0 Å². The third-order valence-electron chi connectivity index (χ3n) is 2.61. The molecule has 1 aromatic heterocycles. The van der Waals surface area contributed by atoms with E-state index in [1.165, 1.54) is 24.3 Å². The number of fused-ring (bicyclic) bond motifs is 3. The first-order chi connectivity index (χ1) is 7.74. The Balaban J connectivity index is 2.52. The molecule has 0 atom stereocenters. The van der Waals surface area contributed by atoms with E-state index in [2.05, 4.69) is 4.98 Å². The Morgan fingerprint density at radius 2 is 1.56 bits per heavy atom. The van der Waals surface area contributed by atoms with Gasteiger partial charge in [-0.1, -0.05) is 0 Å². The van der Waals surface area contributed by atoms with Crippen LogP contribution in [0.1, 0.15) is 0 Å². The second-order valence-electron chi connectivity index (χ2n) is 3.65. The van der Waals surface area contributed by atoms with Gasteiger partial charge in [0, 0.05) is 23.0 Å². The molecule has 0 amide bonds. The zero-order chi connectivity index (χ0) is 11.1. The topological polar surface area (TPSA) is 12.9 Å². The first-order valence-electron chi connectivity index (χ1n) is 4.87. The van der Waals surface area contributed by atoms with E-state index in [4.69, 9.17) is 0 Å². The summed E-state index contributed by atoms with van der Waals surface area (Å²) in [5.41, 5.74) is 0.540. The SMILES string of the molecule is Fc1ccc2c(c1)ncc1ccc(F)cc12. The lowest BCUT2D eigenvalue weighted by molar-refractivity contribution is 0.629. The Labute approximate surface area is 90.3 Å². The van der Waals surface area contributed by atoms with E-state index in [0.29, 0.717) is 5.52 Å². The number of halogens is 2. The first-order valence-corrected chi connectivity index (χ1v) is 4.87. The largest absolute Gasteiger partial charge is 0.255 e. The molecule has 0 bridgehead atoms. The lowest BCUT2D eigenvalue weighted by Crippen LogP contribution is -1.84. The number of pyridine rings is 1. The molecule has 16 heavy (non-hydrogen) atoms. The van der Waals surface area contributed by atoms with Crippen LogP contribution in [0.4, 0.5) is 8.78 Å². The molecular weight excluding hydrogens is 208 g/mol. The molecule has 0 saturated heterocycles. The van der Waals surface area contributed by atoms with Gasteiger partial charge < -0.3 is 0 Å². The van der Waals surface area contributed by atoms with Gasteiger partial charge in [0.1, 0.15) is 11.6 Å². The van der Waals surface area contributed by atoms with Gasteiger partial charge in [-0.25, -0.2) is 8.78 Å². The van der Waals surface area contributed by atoms with Crippen molar-refractivity contribution in [3.05, 3.63) is 54.2 Å². The third kappa shape index (κ3) is 1.33. The van der Waals surface area contributed by atoms with E-state index in [-0.39, 0.29) is 11.6 Å². The Kier molecular flexibility index (Phi) is 1.86. The number of benzene rings is 2. The van der Waals surface area contributed by atoms with Crippen molar-refractivity contribution >= 4 is 21.7 Å². The molecule has 1 nitrogen and oxygen atoms in total. The molecule has 3 rings (SSSR count). The van der Waals surface area contributed by atoms with E-state index >= 15 is 0 Å². The number of rotatable bonds is 0. The Morgan fingerprint density at radius 1 is 0.812 bits per heavy atom. The van der Waals surface area contributed by atoms with Crippen molar-refractivity contribution in [3.63, 3.8) is 0 Å². The summed E-state index contributed by atoms with van der Waals surface area (Å²) in [6.45, 7) is 0. The molecule has 0 aliphatic heterocycles. The van der Waals surface area contributed by atoms with Crippen molar-refractivity contribution in [2.45, 2.75) is 0 Å². The maximum Gasteiger partial charge on any atom is 0.125 e. The van der Waals surface area contributed by atoms with Crippen molar-refractivity contribution < 1.29 is 8.78 Å². The van der Waals surface area contributed by atoms with E-state index in [9.17, 15) is 8.78 Å². The fourth-order valence-electron chi connectivity index (χ4n) is 1.85. The van der Waals surface area contributed by atoms with Gasteiger partial charge in [0.25, 0.3) is 0 Å². The molecule has 0 aliphatic carbocycles. The van der Waals surface area contributed by atoms with E-state index < -0.39 is 0 Å². The second kappa shape index (κ2) is 3.23. The van der Waals surface area contributed by atoms with Crippen molar-refractivity contribution in [3.8, 4) is 0 Å². The van der Waals surface area contributed by atoms with Crippen LogP contribution in [0.15, 0.2) is 42.6 Å². The van der Waals surface area contributed by atoms with Crippen molar-refractivity contribution in [1.29, 1.82) is 0 Å². The zero-order valence-electron chi connectivity index (χ0n) is 8.24. The van der Waals surface area contributed by atoms with Crippen LogP contribution in [-0.4, -0.2) is 4.98 Å². The minimum absolute atomic E-state index is 0.302. The van der Waals surface area contributed by atoms with Gasteiger partial charge in [-0.2, -0.15) is 0 Å². The molecule has 78 valence electrons. The van der Waals surface area contributed by atoms with Gasteiger partial charge >= 0.3 is 0 Å². The lowest BCUT2D eigenvalue weighted by Gasteiger charge is -2.03. The summed E-state index contributed by atoms with van der Waals surface area (Å²) < 4.78 is 26.2. The van der Waals surface area contributed by atoms with Gasteiger partial charge in [0.2, 0.25) is 0 Å². The molecule has 0 fully saturated rings. The summed E-state index contributed by atoms with van der Waals surface area (Å²) in [5.74, 6) is -0.639. The lowest BCUT2D eigenvalue weighted by atomic mass is 10.1. The highest BCUT2D eigenvalue weighted by Crippen LogP contribution is 2.24. The van der Waals surface area contributed by atoms with Gasteiger partial charge in [0.05, 0.1) is 5.52 Å². The molecule has 0 unspecified atom stereocenters. The molecule has 2 aromatic carbocycles. The second-order valence-corrected chi connectivity index (χ2v) is 3.65. The fraction of sp³-hybridized carbons (Fsp3) is 0. The number of aromatic nitrogens is 1. The van der Waals surface area contributed by atoms with Crippen LogP contribution in [0.25, 0.3) is 21.7 Å². The van der Waals surface area contributed by atoms with Gasteiger partial charge in [0.15, 0.2) is 0 Å². The molecule has 0 spiro atoms. The minimum Gasteiger partial charge on any atom is -0.255 e. The Bertz CT molecular complexity index is 692. The van der Waals surface area contributed by atoms with Gasteiger partial charge in [-0.3, -0.25) is 4.98 Å². The van der Waals surface area contributed by atoms with Crippen LogP contribution in [0.3, 0.4) is 0 Å². The van der Waals surface area contributed by atoms with Gasteiger partial charge in [-0.05, 0) is 35.7 Å². The van der Waals surface area contributed by atoms with Crippen LogP contribution in [0.2, 0.25) is 0 Å². The predicted molar refractivity (Wildman–Crippen MR) is 59.2 cm³/mol. The maximum atomic E-state index is 13.1. The quantitative estimate of drug-likeness (QED) is 0.521. The van der Waals surface area contributed by atoms with Crippen LogP contribution < -0.4 is 0 Å². The molecule has 0 N–H and O–H groups in total. The number of nitrogens with zero attached hydrogens (tertiary/aromatic N) is 1. The summed E-state index contributed by atoms with van der Waals surface area (Å²) in [5, 5.41) is 2.36. The smallest absolute Gasteiger partial charge is 0.125 e. The van der Waals surface area contributed by atoms with Crippen molar-refractivity contribution in [1.82, 2.24) is 4.98 Å². The normalized spacial score (nSPS) is 11.1. The molecule has 0 saturated carbocycles. The molecule has 3 heteroatoms. The first kappa shape index (κ1) is 9.21. The summed E-state index contributed by atoms with van der Waals surface area (Å²) in [6.07, 6.45) is 1.62. The van der Waals surface area contributed by atoms with Crippen LogP contribution in [0.5, 0.6) is 0 Å². The average molecular weight is 215 g/mol. The average Bonchev–Trinajstić information content (AvgIpc) is 2.28. The summed E-state index contributed by atoms with van der Waals surface area (Å²) in [4.78, 5) is 4.14. The highest BCUT2D eigenvalue weighted by molar-refractivity contribution is 6.05. The van der Waals surface area contributed by atoms with E-state index in [1.807, 2.05) is 0 Å². The molecule has 0 radical (unpaired) electrons. The Morgan fingerprint density at radius 3 is 2.44 bits per heavy atom. The van der Waals surface area contributed by atoms with Crippen LogP contribution in [-0.2, 0) is 0 Å². The van der Waals surface area contributed by atoms with Gasteiger partial charge in [-0.15, -0.1) is 0 Å². The third-order valence-corrected chi connectivity index (χ3v) is 2.61. The highest BCUT2D eigenvalue weighted by Gasteiger charge is 2.03. The van der Waals surface area contributed by atoms with Crippen molar-refractivity contribution in [2.24, 2.45) is 0 Å². The number of hydrogen-bond donors (Lipinski definition) is 0. The zero-order valence-corrected chi connectivity index (χ0v) is 8.24. The molecule has 0 aliphatic rings. The molecule has 1 heterocycles. The van der Waals surface area contributed by atoms with E-state index in [0.717, 1.165) is 16.2 Å². The minimum atomic E-state index is -0.337. The van der Waals surface area contributed by atoms with E-state index in [1.54, 1.807) is 18.3 Å². The van der Waals surface area contributed by atoms with Crippen LogP contribution in [0, 0.1) is 11.6 Å². The summed E-state index contributed by atoms with van der Waals surface area (Å²) in [6, 6.07) is 8.82. The maximum absolute atomic E-state index is 13.1. The fourth-order valence-corrected chi connectivity index (χ4v) is 1.85. The molecular formula is C13H7F2N. The summed E-state index contributed by atoms with van der Waals surface area (Å²) >= 11 is 0. The predicted octanol–water partition coefficient (Wildman–Crippen LogP) is 3.67. The Hall–Kier alpha value is -2.03.